The van der Waals surface area contributed by atoms with E-state index in [0.717, 1.165) is 5.69 Å². The zero-order valence-corrected chi connectivity index (χ0v) is 14.3. The third-order valence-corrected chi connectivity index (χ3v) is 4.99. The average molecular weight is 333 g/mol. The quantitative estimate of drug-likeness (QED) is 0.809. The number of hydrogen-bond donors (Lipinski definition) is 1. The number of piperidine rings is 1. The molecule has 0 radical (unpaired) electrons. The van der Waals surface area contributed by atoms with E-state index < -0.39 is 0 Å². The SMILES string of the molecule is Cc1cc(C)c(C(=O)N2CCC3(CC2)CN(C)C(=O)CO3)c(=O)[nH]1. The molecule has 7 nitrogen and oxygen atoms in total. The molecule has 0 aliphatic carbocycles. The Morgan fingerprint density at radius 3 is 2.50 bits per heavy atom. The van der Waals surface area contributed by atoms with Gasteiger partial charge in [0.2, 0.25) is 5.91 Å². The summed E-state index contributed by atoms with van der Waals surface area (Å²) in [7, 11) is 1.78. The molecular weight excluding hydrogens is 310 g/mol. The molecule has 7 heteroatoms. The van der Waals surface area contributed by atoms with Gasteiger partial charge < -0.3 is 19.5 Å². The van der Waals surface area contributed by atoms with Crippen molar-refractivity contribution in [3.63, 3.8) is 0 Å². The van der Waals surface area contributed by atoms with Crippen LogP contribution in [0, 0.1) is 13.8 Å². The van der Waals surface area contributed by atoms with E-state index in [1.807, 2.05) is 6.07 Å². The van der Waals surface area contributed by atoms with E-state index in [1.165, 1.54) is 0 Å². The van der Waals surface area contributed by atoms with Crippen LogP contribution in [-0.2, 0) is 9.53 Å². The molecule has 0 saturated carbocycles. The largest absolute Gasteiger partial charge is 0.363 e. The van der Waals surface area contributed by atoms with Crippen LogP contribution < -0.4 is 5.56 Å². The summed E-state index contributed by atoms with van der Waals surface area (Å²) in [5, 5.41) is 0. The van der Waals surface area contributed by atoms with Crippen LogP contribution in [0.2, 0.25) is 0 Å². The summed E-state index contributed by atoms with van der Waals surface area (Å²) in [5.74, 6) is -0.246. The smallest absolute Gasteiger partial charge is 0.261 e. The molecule has 2 amide bonds. The van der Waals surface area contributed by atoms with Crippen LogP contribution in [0.25, 0.3) is 0 Å². The minimum absolute atomic E-state index is 0.0130. The second-order valence-electron chi connectivity index (χ2n) is 6.85. The lowest BCUT2D eigenvalue weighted by Gasteiger charge is -2.46. The number of aryl methyl sites for hydroxylation is 2. The Kier molecular flexibility index (Phi) is 4.21. The number of carbonyl (C=O) groups is 2. The monoisotopic (exact) mass is 333 g/mol. The fourth-order valence-electron chi connectivity index (χ4n) is 3.59. The number of aromatic nitrogens is 1. The zero-order valence-electron chi connectivity index (χ0n) is 14.3. The molecular formula is C17H23N3O4. The molecule has 1 aromatic rings. The molecule has 2 aliphatic heterocycles. The number of hydrogen-bond acceptors (Lipinski definition) is 4. The maximum Gasteiger partial charge on any atom is 0.261 e. The molecule has 1 aromatic heterocycles. The zero-order chi connectivity index (χ0) is 17.5. The van der Waals surface area contributed by atoms with Gasteiger partial charge in [-0.15, -0.1) is 0 Å². The molecule has 2 fully saturated rings. The number of aromatic amines is 1. The summed E-state index contributed by atoms with van der Waals surface area (Å²) in [5.41, 5.74) is 0.954. The maximum atomic E-state index is 12.7. The Morgan fingerprint density at radius 1 is 1.25 bits per heavy atom. The Hall–Kier alpha value is -2.15. The summed E-state index contributed by atoms with van der Waals surface area (Å²) >= 11 is 0. The Morgan fingerprint density at radius 2 is 1.92 bits per heavy atom. The van der Waals surface area contributed by atoms with Gasteiger partial charge >= 0.3 is 0 Å². The first-order valence-corrected chi connectivity index (χ1v) is 8.19. The van der Waals surface area contributed by atoms with Crippen LogP contribution in [0.1, 0.15) is 34.5 Å². The number of rotatable bonds is 1. The van der Waals surface area contributed by atoms with Crippen molar-refractivity contribution in [3.8, 4) is 0 Å². The molecule has 3 rings (SSSR count). The van der Waals surface area contributed by atoms with Crippen LogP contribution in [0.15, 0.2) is 10.9 Å². The standard InChI is InChI=1S/C17H23N3O4/c1-11-8-12(2)18-15(22)14(11)16(23)20-6-4-17(5-7-20)10-19(3)13(21)9-24-17/h8H,4-7,9-10H2,1-3H3,(H,18,22). The first kappa shape index (κ1) is 16.7. The minimum atomic E-state index is -0.367. The first-order valence-electron chi connectivity index (χ1n) is 8.19. The van der Waals surface area contributed by atoms with E-state index in [4.69, 9.17) is 4.74 Å². The van der Waals surface area contributed by atoms with E-state index in [-0.39, 0.29) is 35.1 Å². The fraction of sp³-hybridized carbons (Fsp3) is 0.588. The number of nitrogens with zero attached hydrogens (tertiary/aromatic N) is 2. The van der Waals surface area contributed by atoms with Crippen LogP contribution in [0.3, 0.4) is 0 Å². The second kappa shape index (κ2) is 6.05. The number of nitrogens with one attached hydrogen (secondary N) is 1. The minimum Gasteiger partial charge on any atom is -0.363 e. The molecule has 0 atom stereocenters. The van der Waals surface area contributed by atoms with Crippen molar-refractivity contribution in [1.82, 2.24) is 14.8 Å². The molecule has 1 N–H and O–H groups in total. The highest BCUT2D eigenvalue weighted by Gasteiger charge is 2.42. The Bertz CT molecular complexity index is 732. The second-order valence-corrected chi connectivity index (χ2v) is 6.85. The van der Waals surface area contributed by atoms with Gasteiger partial charge in [-0.2, -0.15) is 0 Å². The molecule has 24 heavy (non-hydrogen) atoms. The topological polar surface area (TPSA) is 82.7 Å². The molecule has 2 saturated heterocycles. The predicted octanol–water partition coefficient (Wildman–Crippen LogP) is 0.455. The highest BCUT2D eigenvalue weighted by molar-refractivity contribution is 5.95. The number of amides is 2. The first-order chi connectivity index (χ1) is 11.3. The van der Waals surface area contributed by atoms with Crippen molar-refractivity contribution < 1.29 is 14.3 Å². The van der Waals surface area contributed by atoms with Gasteiger partial charge in [-0.25, -0.2) is 0 Å². The van der Waals surface area contributed by atoms with Gasteiger partial charge in [-0.1, -0.05) is 0 Å². The number of ether oxygens (including phenoxy) is 1. The lowest BCUT2D eigenvalue weighted by molar-refractivity contribution is -0.167. The molecule has 0 unspecified atom stereocenters. The van der Waals surface area contributed by atoms with Gasteiger partial charge in [0.05, 0.1) is 5.60 Å². The average Bonchev–Trinajstić information content (AvgIpc) is 2.51. The van der Waals surface area contributed by atoms with Crippen molar-refractivity contribution in [1.29, 1.82) is 0 Å². The van der Waals surface area contributed by atoms with Crippen LogP contribution in [-0.4, -0.2) is 65.5 Å². The molecule has 0 aromatic carbocycles. The van der Waals surface area contributed by atoms with Gasteiger partial charge in [0.1, 0.15) is 12.2 Å². The fourth-order valence-corrected chi connectivity index (χ4v) is 3.59. The Labute approximate surface area is 140 Å². The van der Waals surface area contributed by atoms with Gasteiger partial charge in [-0.3, -0.25) is 14.4 Å². The van der Waals surface area contributed by atoms with Crippen molar-refractivity contribution in [2.45, 2.75) is 32.3 Å². The van der Waals surface area contributed by atoms with Gasteiger partial charge in [0, 0.05) is 32.4 Å². The number of pyridine rings is 1. The number of carbonyl (C=O) groups excluding carboxylic acids is 2. The van der Waals surface area contributed by atoms with Crippen LogP contribution >= 0.6 is 0 Å². The Balaban J connectivity index is 1.72. The van der Waals surface area contributed by atoms with Crippen LogP contribution in [0.4, 0.5) is 0 Å². The maximum absolute atomic E-state index is 12.7. The molecule has 1 spiro atoms. The lowest BCUT2D eigenvalue weighted by atomic mass is 9.89. The van der Waals surface area contributed by atoms with Crippen LogP contribution in [0.5, 0.6) is 0 Å². The van der Waals surface area contributed by atoms with Crippen molar-refractivity contribution in [2.75, 3.05) is 33.3 Å². The van der Waals surface area contributed by atoms with Gasteiger partial charge in [-0.05, 0) is 38.3 Å². The summed E-state index contributed by atoms with van der Waals surface area (Å²) in [6.45, 7) is 5.28. The number of likely N-dealkylation sites (tertiary alicyclic amines) is 1. The van der Waals surface area contributed by atoms with E-state index in [0.29, 0.717) is 38.0 Å². The number of morpholine rings is 1. The molecule has 2 aliphatic rings. The predicted molar refractivity (Wildman–Crippen MR) is 88.0 cm³/mol. The highest BCUT2D eigenvalue weighted by atomic mass is 16.5. The molecule has 0 bridgehead atoms. The van der Waals surface area contributed by atoms with E-state index >= 15 is 0 Å². The lowest BCUT2D eigenvalue weighted by Crippen LogP contribution is -2.58. The third kappa shape index (κ3) is 2.96. The summed E-state index contributed by atoms with van der Waals surface area (Å²) < 4.78 is 5.79. The summed E-state index contributed by atoms with van der Waals surface area (Å²) in [6.07, 6.45) is 1.33. The van der Waals surface area contributed by atoms with E-state index in [2.05, 4.69) is 4.98 Å². The molecule has 3 heterocycles. The summed E-state index contributed by atoms with van der Waals surface area (Å²) in [6, 6.07) is 1.81. The number of H-pyrrole nitrogens is 1. The van der Waals surface area contributed by atoms with E-state index in [9.17, 15) is 14.4 Å². The summed E-state index contributed by atoms with van der Waals surface area (Å²) in [4.78, 5) is 42.6. The highest BCUT2D eigenvalue weighted by Crippen LogP contribution is 2.30. The van der Waals surface area contributed by atoms with Gasteiger partial charge in [0.15, 0.2) is 0 Å². The third-order valence-electron chi connectivity index (χ3n) is 4.99. The number of likely N-dealkylation sites (N-methyl/N-ethyl adjacent to an activating group) is 1. The van der Waals surface area contributed by atoms with Gasteiger partial charge in [0.25, 0.3) is 11.5 Å². The van der Waals surface area contributed by atoms with Crippen molar-refractivity contribution >= 4 is 11.8 Å². The van der Waals surface area contributed by atoms with Crippen molar-refractivity contribution in [3.05, 3.63) is 33.2 Å². The van der Waals surface area contributed by atoms with Crippen molar-refractivity contribution in [2.24, 2.45) is 0 Å². The normalized spacial score (nSPS) is 20.5. The molecule has 130 valence electrons. The van der Waals surface area contributed by atoms with E-state index in [1.54, 1.807) is 30.7 Å².